The van der Waals surface area contributed by atoms with Gasteiger partial charge >= 0.3 is 0 Å². The fourth-order valence-electron chi connectivity index (χ4n) is 3.53. The molecule has 124 valence electrons. The lowest BCUT2D eigenvalue weighted by Crippen LogP contribution is -2.52. The van der Waals surface area contributed by atoms with E-state index < -0.39 is 10.0 Å². The van der Waals surface area contributed by atoms with Crippen molar-refractivity contribution in [2.45, 2.75) is 51.0 Å². The molecule has 1 aliphatic carbocycles. The number of alkyl halides is 1. The van der Waals surface area contributed by atoms with E-state index in [2.05, 4.69) is 12.2 Å². The van der Waals surface area contributed by atoms with Crippen molar-refractivity contribution in [3.63, 3.8) is 0 Å². The van der Waals surface area contributed by atoms with Crippen LogP contribution in [0.3, 0.4) is 0 Å². The van der Waals surface area contributed by atoms with Gasteiger partial charge in [0.2, 0.25) is 10.0 Å². The second-order valence-corrected chi connectivity index (χ2v) is 9.36. The second kappa shape index (κ2) is 7.16. The predicted octanol–water partition coefficient (Wildman–Crippen LogP) is 2.44. The van der Waals surface area contributed by atoms with Crippen LogP contribution in [0.25, 0.3) is 0 Å². The summed E-state index contributed by atoms with van der Waals surface area (Å²) >= 11 is 6.23. The first-order chi connectivity index (χ1) is 9.85. The van der Waals surface area contributed by atoms with Gasteiger partial charge in [0.25, 0.3) is 0 Å². The lowest BCUT2D eigenvalue weighted by Gasteiger charge is -2.41. The Labute approximate surface area is 134 Å². The van der Waals surface area contributed by atoms with Crippen molar-refractivity contribution in [1.29, 1.82) is 0 Å². The van der Waals surface area contributed by atoms with Crippen LogP contribution in [0.5, 0.6) is 0 Å². The van der Waals surface area contributed by atoms with Crippen molar-refractivity contribution < 1.29 is 8.42 Å². The average molecular weight is 337 g/mol. The van der Waals surface area contributed by atoms with Gasteiger partial charge < -0.3 is 5.32 Å². The molecule has 1 saturated carbocycles. The van der Waals surface area contributed by atoms with Gasteiger partial charge in [0, 0.05) is 24.5 Å². The van der Waals surface area contributed by atoms with Crippen molar-refractivity contribution in [2.75, 3.05) is 31.8 Å². The Kier molecular flexibility index (Phi) is 5.97. The molecule has 1 saturated heterocycles. The minimum absolute atomic E-state index is 0.0709. The van der Waals surface area contributed by atoms with Crippen LogP contribution in [0.2, 0.25) is 0 Å². The molecule has 2 aliphatic rings. The van der Waals surface area contributed by atoms with E-state index in [1.165, 1.54) is 19.1 Å². The number of piperidine rings is 1. The number of sulfonamides is 1. The van der Waals surface area contributed by atoms with Gasteiger partial charge in [-0.1, -0.05) is 6.92 Å². The van der Waals surface area contributed by atoms with Crippen molar-refractivity contribution in [3.8, 4) is 0 Å². The Morgan fingerprint density at radius 3 is 2.52 bits per heavy atom. The summed E-state index contributed by atoms with van der Waals surface area (Å²) in [6, 6.07) is 0. The van der Waals surface area contributed by atoms with E-state index in [1.807, 2.05) is 0 Å². The summed E-state index contributed by atoms with van der Waals surface area (Å²) in [5.74, 6) is 1.87. The molecule has 6 heteroatoms. The maximum atomic E-state index is 11.7. The SMILES string of the molecule is CC1CCC(CCl)(NCC2CCCN(S(C)(=O)=O)C2)CC1. The standard InChI is InChI=1S/C15H29ClN2O2S/c1-13-5-7-15(12-16,8-6-13)17-10-14-4-3-9-18(11-14)21(2,19)20/h13-14,17H,3-12H2,1-2H3. The summed E-state index contributed by atoms with van der Waals surface area (Å²) in [5, 5.41) is 3.69. The van der Waals surface area contributed by atoms with Gasteiger partial charge in [0.15, 0.2) is 0 Å². The maximum absolute atomic E-state index is 11.7. The molecular formula is C15H29ClN2O2S. The quantitative estimate of drug-likeness (QED) is 0.784. The highest BCUT2D eigenvalue weighted by molar-refractivity contribution is 7.88. The number of nitrogens with zero attached hydrogens (tertiary/aromatic N) is 1. The number of hydrogen-bond donors (Lipinski definition) is 1. The molecule has 4 nitrogen and oxygen atoms in total. The van der Waals surface area contributed by atoms with Crippen molar-refractivity contribution in [2.24, 2.45) is 11.8 Å². The Morgan fingerprint density at radius 2 is 1.95 bits per heavy atom. The third kappa shape index (κ3) is 4.81. The predicted molar refractivity (Wildman–Crippen MR) is 88.2 cm³/mol. The fourth-order valence-corrected chi connectivity index (χ4v) is 4.83. The highest BCUT2D eigenvalue weighted by Gasteiger charge is 2.34. The molecule has 0 amide bonds. The normalized spacial score (nSPS) is 35.8. The van der Waals surface area contributed by atoms with Gasteiger partial charge in [-0.25, -0.2) is 12.7 Å². The molecule has 0 bridgehead atoms. The lowest BCUT2D eigenvalue weighted by molar-refractivity contribution is 0.188. The summed E-state index contributed by atoms with van der Waals surface area (Å²) in [4.78, 5) is 0. The molecule has 1 aliphatic heterocycles. The van der Waals surface area contributed by atoms with E-state index >= 15 is 0 Å². The molecule has 1 atom stereocenters. The van der Waals surface area contributed by atoms with Crippen molar-refractivity contribution in [1.82, 2.24) is 9.62 Å². The van der Waals surface area contributed by atoms with Crippen LogP contribution in [-0.2, 0) is 10.0 Å². The maximum Gasteiger partial charge on any atom is 0.211 e. The molecule has 0 spiro atoms. The molecule has 0 aromatic rings. The molecule has 1 unspecified atom stereocenters. The van der Waals surface area contributed by atoms with Crippen LogP contribution in [0.4, 0.5) is 0 Å². The summed E-state index contributed by atoms with van der Waals surface area (Å²) in [7, 11) is -3.05. The van der Waals surface area contributed by atoms with E-state index in [9.17, 15) is 8.42 Å². The van der Waals surface area contributed by atoms with Gasteiger partial charge in [-0.2, -0.15) is 0 Å². The minimum Gasteiger partial charge on any atom is -0.310 e. The van der Waals surface area contributed by atoms with E-state index in [1.54, 1.807) is 4.31 Å². The Hall–Kier alpha value is 0.160. The molecule has 2 rings (SSSR count). The van der Waals surface area contributed by atoms with E-state index in [4.69, 9.17) is 11.6 Å². The highest BCUT2D eigenvalue weighted by Crippen LogP contribution is 2.33. The molecule has 0 aromatic carbocycles. The van der Waals surface area contributed by atoms with E-state index in [0.29, 0.717) is 24.9 Å². The van der Waals surface area contributed by atoms with E-state index in [-0.39, 0.29) is 5.54 Å². The Morgan fingerprint density at radius 1 is 1.29 bits per heavy atom. The van der Waals surface area contributed by atoms with Crippen molar-refractivity contribution >= 4 is 21.6 Å². The van der Waals surface area contributed by atoms with Gasteiger partial charge in [-0.05, 0) is 56.9 Å². The molecule has 1 heterocycles. The van der Waals surface area contributed by atoms with Gasteiger partial charge in [0.1, 0.15) is 0 Å². The number of rotatable bonds is 5. The monoisotopic (exact) mass is 336 g/mol. The molecule has 21 heavy (non-hydrogen) atoms. The van der Waals surface area contributed by atoms with Crippen molar-refractivity contribution in [3.05, 3.63) is 0 Å². The van der Waals surface area contributed by atoms with Crippen LogP contribution in [0.15, 0.2) is 0 Å². The van der Waals surface area contributed by atoms with Crippen LogP contribution >= 0.6 is 11.6 Å². The first-order valence-electron chi connectivity index (χ1n) is 8.11. The topological polar surface area (TPSA) is 49.4 Å². The highest BCUT2D eigenvalue weighted by atomic mass is 35.5. The second-order valence-electron chi connectivity index (χ2n) is 7.11. The number of halogens is 1. The first kappa shape index (κ1) is 17.5. The Bertz CT molecular complexity index is 433. The molecule has 0 aromatic heterocycles. The average Bonchev–Trinajstić information content (AvgIpc) is 2.47. The lowest BCUT2D eigenvalue weighted by atomic mass is 9.78. The van der Waals surface area contributed by atoms with Gasteiger partial charge in [0.05, 0.1) is 6.26 Å². The molecule has 0 radical (unpaired) electrons. The smallest absolute Gasteiger partial charge is 0.211 e. The molecular weight excluding hydrogens is 308 g/mol. The molecule has 2 fully saturated rings. The third-order valence-electron chi connectivity index (χ3n) is 5.20. The van der Waals surface area contributed by atoms with Crippen LogP contribution in [-0.4, -0.2) is 50.0 Å². The zero-order valence-corrected chi connectivity index (χ0v) is 14.8. The summed E-state index contributed by atoms with van der Waals surface area (Å²) < 4.78 is 25.0. The first-order valence-corrected chi connectivity index (χ1v) is 10.5. The number of hydrogen-bond acceptors (Lipinski definition) is 3. The largest absolute Gasteiger partial charge is 0.310 e. The minimum atomic E-state index is -3.05. The van der Waals surface area contributed by atoms with Crippen LogP contribution in [0.1, 0.15) is 45.4 Å². The number of nitrogens with one attached hydrogen (secondary N) is 1. The summed E-state index contributed by atoms with van der Waals surface area (Å²) in [5.41, 5.74) is 0.0709. The zero-order valence-electron chi connectivity index (χ0n) is 13.3. The van der Waals surface area contributed by atoms with Crippen LogP contribution in [0, 0.1) is 11.8 Å². The van der Waals surface area contributed by atoms with Gasteiger partial charge in [-0.3, -0.25) is 0 Å². The molecule has 1 N–H and O–H groups in total. The Balaban J connectivity index is 1.86. The summed E-state index contributed by atoms with van der Waals surface area (Å²) in [6.07, 6.45) is 8.13. The summed E-state index contributed by atoms with van der Waals surface area (Å²) in [6.45, 7) is 4.52. The fraction of sp³-hybridized carbons (Fsp3) is 1.00. The van der Waals surface area contributed by atoms with Crippen LogP contribution < -0.4 is 5.32 Å². The third-order valence-corrected chi connectivity index (χ3v) is 6.98. The zero-order chi connectivity index (χ0) is 15.5. The van der Waals surface area contributed by atoms with E-state index in [0.717, 1.165) is 38.1 Å². The van der Waals surface area contributed by atoms with Gasteiger partial charge in [-0.15, -0.1) is 11.6 Å².